The number of guanidine groups is 1. The quantitative estimate of drug-likeness (QED) is 0.571. The molecule has 3 N–H and O–H groups in total. The van der Waals surface area contributed by atoms with Crippen molar-refractivity contribution in [3.63, 3.8) is 0 Å². The Bertz CT molecular complexity index is 802. The Morgan fingerprint density at radius 2 is 2.08 bits per heavy atom. The van der Waals surface area contributed by atoms with Crippen molar-refractivity contribution in [2.24, 2.45) is 4.99 Å². The highest BCUT2D eigenvalue weighted by Gasteiger charge is 2.24. The number of benzene rings is 1. The highest BCUT2D eigenvalue weighted by molar-refractivity contribution is 5.94. The molecule has 0 saturated heterocycles. The maximum atomic E-state index is 12.0. The standard InChI is InChI=1S/C20H25N5O/c1-3-21-20(23-13-16-8-6-7-14(2)24-16)22-12-15-11-19(26)25-18-10-5-4-9-17(15)18/h4-10,15H,3,11-13H2,1-2H3,(H,25,26)(H2,21,22,23). The summed E-state index contributed by atoms with van der Waals surface area (Å²) < 4.78 is 0. The van der Waals surface area contributed by atoms with E-state index < -0.39 is 0 Å². The molecule has 6 nitrogen and oxygen atoms in total. The molecule has 26 heavy (non-hydrogen) atoms. The van der Waals surface area contributed by atoms with Gasteiger partial charge in [0, 0.05) is 36.8 Å². The van der Waals surface area contributed by atoms with E-state index in [1.807, 2.05) is 50.2 Å². The summed E-state index contributed by atoms with van der Waals surface area (Å²) in [4.78, 5) is 21.1. The number of aryl methyl sites for hydroxylation is 1. The van der Waals surface area contributed by atoms with Crippen LogP contribution >= 0.6 is 0 Å². The van der Waals surface area contributed by atoms with Crippen molar-refractivity contribution in [3.05, 3.63) is 59.4 Å². The zero-order chi connectivity index (χ0) is 18.4. The van der Waals surface area contributed by atoms with Crippen molar-refractivity contribution in [2.45, 2.75) is 32.7 Å². The van der Waals surface area contributed by atoms with E-state index >= 15 is 0 Å². The van der Waals surface area contributed by atoms with Gasteiger partial charge in [-0.15, -0.1) is 0 Å². The zero-order valence-electron chi connectivity index (χ0n) is 15.2. The van der Waals surface area contributed by atoms with Gasteiger partial charge in [-0.2, -0.15) is 0 Å². The minimum atomic E-state index is 0.0569. The largest absolute Gasteiger partial charge is 0.357 e. The van der Waals surface area contributed by atoms with Crippen LogP contribution in [0, 0.1) is 6.92 Å². The van der Waals surface area contributed by atoms with Gasteiger partial charge in [-0.05, 0) is 37.6 Å². The lowest BCUT2D eigenvalue weighted by molar-refractivity contribution is -0.116. The lowest BCUT2D eigenvalue weighted by Gasteiger charge is -2.26. The van der Waals surface area contributed by atoms with Gasteiger partial charge < -0.3 is 16.0 Å². The third-order valence-corrected chi connectivity index (χ3v) is 4.31. The van der Waals surface area contributed by atoms with Gasteiger partial charge in [-0.1, -0.05) is 24.3 Å². The molecule has 0 saturated carbocycles. The minimum Gasteiger partial charge on any atom is -0.357 e. The fourth-order valence-corrected chi connectivity index (χ4v) is 3.09. The number of amides is 1. The molecule has 1 aromatic heterocycles. The normalized spacial score (nSPS) is 16.6. The van der Waals surface area contributed by atoms with Crippen molar-refractivity contribution in [1.29, 1.82) is 0 Å². The van der Waals surface area contributed by atoms with Gasteiger partial charge in [0.25, 0.3) is 0 Å². The van der Waals surface area contributed by atoms with Crippen LogP contribution in [0.15, 0.2) is 47.5 Å². The molecule has 1 unspecified atom stereocenters. The molecule has 0 spiro atoms. The molecule has 136 valence electrons. The van der Waals surface area contributed by atoms with E-state index in [0.29, 0.717) is 19.5 Å². The summed E-state index contributed by atoms with van der Waals surface area (Å²) in [5.41, 5.74) is 3.99. The highest BCUT2D eigenvalue weighted by Crippen LogP contribution is 2.31. The third-order valence-electron chi connectivity index (χ3n) is 4.31. The van der Waals surface area contributed by atoms with Gasteiger partial charge >= 0.3 is 0 Å². The zero-order valence-corrected chi connectivity index (χ0v) is 15.2. The monoisotopic (exact) mass is 351 g/mol. The number of aliphatic imine (C=N–C) groups is 1. The van der Waals surface area contributed by atoms with Crippen molar-refractivity contribution in [1.82, 2.24) is 15.6 Å². The van der Waals surface area contributed by atoms with Crippen LogP contribution in [0.1, 0.15) is 36.2 Å². The smallest absolute Gasteiger partial charge is 0.225 e. The molecule has 0 radical (unpaired) electrons. The first-order valence-electron chi connectivity index (χ1n) is 8.99. The van der Waals surface area contributed by atoms with E-state index in [4.69, 9.17) is 0 Å². The molecule has 2 heterocycles. The molecule has 0 fully saturated rings. The van der Waals surface area contributed by atoms with Crippen molar-refractivity contribution in [2.75, 3.05) is 18.4 Å². The Hall–Kier alpha value is -2.89. The third kappa shape index (κ3) is 4.59. The summed E-state index contributed by atoms with van der Waals surface area (Å²) in [6.07, 6.45) is 0.475. The van der Waals surface area contributed by atoms with Crippen LogP contribution in [0.2, 0.25) is 0 Å². The van der Waals surface area contributed by atoms with Crippen LogP contribution in [0.4, 0.5) is 5.69 Å². The second-order valence-electron chi connectivity index (χ2n) is 6.38. The second-order valence-corrected chi connectivity index (χ2v) is 6.38. The maximum absolute atomic E-state index is 12.0. The first-order valence-corrected chi connectivity index (χ1v) is 8.99. The van der Waals surface area contributed by atoms with E-state index in [1.54, 1.807) is 0 Å². The molecule has 1 atom stereocenters. The topological polar surface area (TPSA) is 78.4 Å². The highest BCUT2D eigenvalue weighted by atomic mass is 16.1. The Morgan fingerprint density at radius 3 is 2.88 bits per heavy atom. The average Bonchev–Trinajstić information content (AvgIpc) is 2.63. The molecule has 2 aromatic rings. The summed E-state index contributed by atoms with van der Waals surface area (Å²) >= 11 is 0. The van der Waals surface area contributed by atoms with Crippen LogP contribution in [0.3, 0.4) is 0 Å². The molecule has 0 aliphatic carbocycles. The van der Waals surface area contributed by atoms with E-state index in [0.717, 1.165) is 35.1 Å². The summed E-state index contributed by atoms with van der Waals surface area (Å²) in [6, 6.07) is 13.9. The van der Waals surface area contributed by atoms with Gasteiger partial charge in [0.1, 0.15) is 0 Å². The molecule has 0 bridgehead atoms. The van der Waals surface area contributed by atoms with Crippen LogP contribution in [-0.2, 0) is 11.3 Å². The number of rotatable bonds is 5. The summed E-state index contributed by atoms with van der Waals surface area (Å²) in [5.74, 6) is 0.918. The predicted molar refractivity (Wildman–Crippen MR) is 104 cm³/mol. The Labute approximate surface area is 154 Å². The first-order chi connectivity index (χ1) is 12.7. The molecule has 6 heteroatoms. The van der Waals surface area contributed by atoms with E-state index in [2.05, 4.69) is 32.0 Å². The Morgan fingerprint density at radius 1 is 1.23 bits per heavy atom. The second kappa shape index (κ2) is 8.47. The van der Waals surface area contributed by atoms with Gasteiger partial charge in [-0.3, -0.25) is 9.78 Å². The molecule has 3 rings (SSSR count). The summed E-state index contributed by atoms with van der Waals surface area (Å²) in [7, 11) is 0. The van der Waals surface area contributed by atoms with Gasteiger partial charge in [0.15, 0.2) is 5.96 Å². The van der Waals surface area contributed by atoms with E-state index in [1.165, 1.54) is 0 Å². The Kier molecular flexibility index (Phi) is 5.84. The number of carbonyl (C=O) groups is 1. The van der Waals surface area contributed by atoms with Crippen molar-refractivity contribution < 1.29 is 4.79 Å². The van der Waals surface area contributed by atoms with Crippen molar-refractivity contribution in [3.8, 4) is 0 Å². The fourth-order valence-electron chi connectivity index (χ4n) is 3.09. The number of hydrogen-bond donors (Lipinski definition) is 3. The van der Waals surface area contributed by atoms with Crippen LogP contribution in [0.5, 0.6) is 0 Å². The number of aromatic nitrogens is 1. The van der Waals surface area contributed by atoms with Crippen LogP contribution in [0.25, 0.3) is 0 Å². The average molecular weight is 351 g/mol. The van der Waals surface area contributed by atoms with Gasteiger partial charge in [0.2, 0.25) is 5.91 Å². The lowest BCUT2D eigenvalue weighted by atomic mass is 9.90. The minimum absolute atomic E-state index is 0.0569. The number of nitrogens with one attached hydrogen (secondary N) is 3. The van der Waals surface area contributed by atoms with E-state index in [-0.39, 0.29) is 11.8 Å². The first kappa shape index (κ1) is 17.9. The van der Waals surface area contributed by atoms with E-state index in [9.17, 15) is 4.79 Å². The number of fused-ring (bicyclic) bond motifs is 1. The molecular weight excluding hydrogens is 326 g/mol. The number of pyridine rings is 1. The number of carbonyl (C=O) groups excluding carboxylic acids is 1. The molecule has 1 aromatic carbocycles. The number of nitrogens with zero attached hydrogens (tertiary/aromatic N) is 2. The fraction of sp³-hybridized carbons (Fsp3) is 0.350. The number of para-hydroxylation sites is 1. The van der Waals surface area contributed by atoms with Gasteiger partial charge in [-0.25, -0.2) is 4.99 Å². The van der Waals surface area contributed by atoms with Gasteiger partial charge in [0.05, 0.1) is 12.2 Å². The summed E-state index contributed by atoms with van der Waals surface area (Å²) in [6.45, 7) is 5.94. The Balaban J connectivity index is 1.67. The maximum Gasteiger partial charge on any atom is 0.225 e. The SMILES string of the molecule is CCNC(=NCc1cccc(C)n1)NCC1CC(=O)Nc2ccccc21. The summed E-state index contributed by atoms with van der Waals surface area (Å²) in [5, 5.41) is 9.55. The van der Waals surface area contributed by atoms with Crippen LogP contribution in [-0.4, -0.2) is 29.9 Å². The van der Waals surface area contributed by atoms with Crippen LogP contribution < -0.4 is 16.0 Å². The number of anilines is 1. The molecule has 1 aliphatic heterocycles. The predicted octanol–water partition coefficient (Wildman–Crippen LogP) is 2.57. The van der Waals surface area contributed by atoms with Crippen molar-refractivity contribution >= 4 is 17.6 Å². The molecule has 1 amide bonds. The molecule has 1 aliphatic rings. The number of hydrogen-bond acceptors (Lipinski definition) is 3. The lowest BCUT2D eigenvalue weighted by Crippen LogP contribution is -2.40. The molecular formula is C20H25N5O.